The predicted octanol–water partition coefficient (Wildman–Crippen LogP) is 2.13. The van der Waals surface area contributed by atoms with Gasteiger partial charge in [0, 0.05) is 18.8 Å². The standard InChI is InChI=1S/C9H10N2O.C3H6O2/c1-7-8(12-2)3-4-9-10-5-6-11(7)9;1-2-3(4)5/h3-6H,1-2H3;2H2,1H3,(H,4,5). The molecular weight excluding hydrogens is 220 g/mol. The molecule has 2 aromatic rings. The van der Waals surface area contributed by atoms with Crippen molar-refractivity contribution in [2.45, 2.75) is 20.3 Å². The molecule has 0 saturated heterocycles. The van der Waals surface area contributed by atoms with Gasteiger partial charge in [-0.1, -0.05) is 6.92 Å². The number of hydrogen-bond donors (Lipinski definition) is 1. The van der Waals surface area contributed by atoms with Crippen molar-refractivity contribution in [2.24, 2.45) is 0 Å². The summed E-state index contributed by atoms with van der Waals surface area (Å²) in [7, 11) is 1.67. The molecule has 0 aliphatic carbocycles. The van der Waals surface area contributed by atoms with E-state index in [-0.39, 0.29) is 6.42 Å². The van der Waals surface area contributed by atoms with E-state index in [2.05, 4.69) is 4.98 Å². The number of aliphatic carboxylic acids is 1. The van der Waals surface area contributed by atoms with E-state index in [1.54, 1.807) is 20.2 Å². The quantitative estimate of drug-likeness (QED) is 0.867. The van der Waals surface area contributed by atoms with Crippen LogP contribution in [-0.4, -0.2) is 27.6 Å². The molecule has 5 nitrogen and oxygen atoms in total. The minimum Gasteiger partial charge on any atom is -0.495 e. The Labute approximate surface area is 99.7 Å². The summed E-state index contributed by atoms with van der Waals surface area (Å²) in [6.07, 6.45) is 3.93. The summed E-state index contributed by atoms with van der Waals surface area (Å²) in [5, 5.41) is 7.72. The van der Waals surface area contributed by atoms with Crippen molar-refractivity contribution < 1.29 is 14.6 Å². The van der Waals surface area contributed by atoms with E-state index in [0.29, 0.717) is 0 Å². The van der Waals surface area contributed by atoms with Crippen LogP contribution in [0, 0.1) is 6.92 Å². The van der Waals surface area contributed by atoms with Crippen molar-refractivity contribution in [3.05, 3.63) is 30.2 Å². The second kappa shape index (κ2) is 5.89. The monoisotopic (exact) mass is 236 g/mol. The molecule has 0 unspecified atom stereocenters. The van der Waals surface area contributed by atoms with Gasteiger partial charge in [0.25, 0.3) is 0 Å². The molecule has 2 rings (SSSR count). The summed E-state index contributed by atoms with van der Waals surface area (Å²) in [6, 6.07) is 3.86. The number of hydrogen-bond acceptors (Lipinski definition) is 3. The Morgan fingerprint density at radius 1 is 1.53 bits per heavy atom. The normalized spacial score (nSPS) is 9.59. The summed E-state index contributed by atoms with van der Waals surface area (Å²) >= 11 is 0. The first-order chi connectivity index (χ1) is 8.10. The van der Waals surface area contributed by atoms with E-state index >= 15 is 0 Å². The van der Waals surface area contributed by atoms with Gasteiger partial charge >= 0.3 is 5.97 Å². The highest BCUT2D eigenvalue weighted by molar-refractivity contribution is 5.66. The number of nitrogens with zero attached hydrogens (tertiary/aromatic N) is 2. The van der Waals surface area contributed by atoms with Crippen LogP contribution in [0.4, 0.5) is 0 Å². The van der Waals surface area contributed by atoms with Crippen molar-refractivity contribution in [3.8, 4) is 5.75 Å². The van der Waals surface area contributed by atoms with E-state index in [0.717, 1.165) is 17.1 Å². The van der Waals surface area contributed by atoms with E-state index in [1.165, 1.54) is 0 Å². The third-order valence-electron chi connectivity index (χ3n) is 2.29. The molecule has 0 aromatic carbocycles. The number of imidazole rings is 1. The Hall–Kier alpha value is -2.04. The Bertz CT molecular complexity index is 505. The molecule has 17 heavy (non-hydrogen) atoms. The average molecular weight is 236 g/mol. The van der Waals surface area contributed by atoms with Crippen molar-refractivity contribution in [1.82, 2.24) is 9.38 Å². The number of carboxylic acid groups (broad SMARTS) is 1. The number of carboxylic acids is 1. The first-order valence-corrected chi connectivity index (χ1v) is 5.28. The topological polar surface area (TPSA) is 63.8 Å². The minimum atomic E-state index is -0.745. The number of pyridine rings is 1. The second-order valence-corrected chi connectivity index (χ2v) is 3.39. The average Bonchev–Trinajstić information content (AvgIpc) is 2.79. The minimum absolute atomic E-state index is 0.222. The van der Waals surface area contributed by atoms with Crippen LogP contribution in [-0.2, 0) is 4.79 Å². The lowest BCUT2D eigenvalue weighted by atomic mass is 10.3. The predicted molar refractivity (Wildman–Crippen MR) is 64.4 cm³/mol. The molecule has 0 saturated carbocycles. The van der Waals surface area contributed by atoms with Crippen LogP contribution >= 0.6 is 0 Å². The molecular formula is C12H16N2O3. The van der Waals surface area contributed by atoms with Gasteiger partial charge < -0.3 is 14.2 Å². The summed E-state index contributed by atoms with van der Waals surface area (Å²) in [6.45, 7) is 3.61. The van der Waals surface area contributed by atoms with E-state index in [4.69, 9.17) is 9.84 Å². The smallest absolute Gasteiger partial charge is 0.303 e. The van der Waals surface area contributed by atoms with Gasteiger partial charge in [-0.2, -0.15) is 0 Å². The van der Waals surface area contributed by atoms with Crippen LogP contribution < -0.4 is 4.74 Å². The molecule has 0 bridgehead atoms. The largest absolute Gasteiger partial charge is 0.495 e. The first kappa shape index (κ1) is 13.0. The van der Waals surface area contributed by atoms with E-state index in [1.807, 2.05) is 29.7 Å². The highest BCUT2D eigenvalue weighted by Crippen LogP contribution is 2.17. The Morgan fingerprint density at radius 2 is 2.18 bits per heavy atom. The molecule has 2 aromatic heterocycles. The molecule has 2 heterocycles. The Morgan fingerprint density at radius 3 is 2.71 bits per heavy atom. The highest BCUT2D eigenvalue weighted by atomic mass is 16.5. The van der Waals surface area contributed by atoms with Crippen LogP contribution in [0.15, 0.2) is 24.5 Å². The van der Waals surface area contributed by atoms with Gasteiger partial charge in [0.15, 0.2) is 0 Å². The molecule has 0 fully saturated rings. The third kappa shape index (κ3) is 3.21. The number of aromatic nitrogens is 2. The molecule has 0 spiro atoms. The first-order valence-electron chi connectivity index (χ1n) is 5.28. The lowest BCUT2D eigenvalue weighted by Crippen LogP contribution is -1.94. The number of carbonyl (C=O) groups is 1. The Balaban J connectivity index is 0.000000249. The maximum atomic E-state index is 9.37. The molecule has 1 N–H and O–H groups in total. The van der Waals surface area contributed by atoms with Crippen molar-refractivity contribution in [3.63, 3.8) is 0 Å². The second-order valence-electron chi connectivity index (χ2n) is 3.39. The summed E-state index contributed by atoms with van der Waals surface area (Å²) < 4.78 is 7.17. The lowest BCUT2D eigenvalue weighted by molar-refractivity contribution is -0.136. The zero-order chi connectivity index (χ0) is 12.8. The summed E-state index contributed by atoms with van der Waals surface area (Å²) in [5.41, 5.74) is 2.03. The third-order valence-corrected chi connectivity index (χ3v) is 2.29. The van der Waals surface area contributed by atoms with Crippen LogP contribution in [0.3, 0.4) is 0 Å². The summed E-state index contributed by atoms with van der Waals surface area (Å²) in [5.74, 6) is 0.144. The van der Waals surface area contributed by atoms with E-state index < -0.39 is 5.97 Å². The maximum Gasteiger partial charge on any atom is 0.303 e. The van der Waals surface area contributed by atoms with Gasteiger partial charge in [0.05, 0.1) is 12.8 Å². The lowest BCUT2D eigenvalue weighted by Gasteiger charge is -2.05. The van der Waals surface area contributed by atoms with Crippen LogP contribution in [0.5, 0.6) is 5.75 Å². The molecule has 0 aliphatic rings. The fourth-order valence-corrected chi connectivity index (χ4v) is 1.33. The number of fused-ring (bicyclic) bond motifs is 1. The fraction of sp³-hybridized carbons (Fsp3) is 0.333. The number of rotatable bonds is 2. The zero-order valence-corrected chi connectivity index (χ0v) is 10.2. The van der Waals surface area contributed by atoms with Gasteiger partial charge in [-0.15, -0.1) is 0 Å². The SMILES string of the molecule is CCC(=O)O.COc1ccc2nccn2c1C. The molecule has 0 amide bonds. The number of methoxy groups -OCH3 is 1. The molecule has 5 heteroatoms. The Kier molecular flexibility index (Phi) is 4.51. The van der Waals surface area contributed by atoms with Crippen LogP contribution in [0.1, 0.15) is 19.0 Å². The number of ether oxygens (including phenoxy) is 1. The van der Waals surface area contributed by atoms with Gasteiger partial charge in [-0.05, 0) is 19.1 Å². The van der Waals surface area contributed by atoms with Gasteiger partial charge in [-0.25, -0.2) is 4.98 Å². The molecule has 92 valence electrons. The van der Waals surface area contributed by atoms with Gasteiger partial charge in [-0.3, -0.25) is 4.79 Å². The van der Waals surface area contributed by atoms with E-state index in [9.17, 15) is 4.79 Å². The van der Waals surface area contributed by atoms with Crippen molar-refractivity contribution in [1.29, 1.82) is 0 Å². The maximum absolute atomic E-state index is 9.37. The van der Waals surface area contributed by atoms with Gasteiger partial charge in [0.1, 0.15) is 11.4 Å². The summed E-state index contributed by atoms with van der Waals surface area (Å²) in [4.78, 5) is 13.5. The zero-order valence-electron chi connectivity index (χ0n) is 10.2. The molecule has 0 aliphatic heterocycles. The molecule has 0 radical (unpaired) electrons. The van der Waals surface area contributed by atoms with Crippen LogP contribution in [0.25, 0.3) is 5.65 Å². The van der Waals surface area contributed by atoms with Gasteiger partial charge in [0.2, 0.25) is 0 Å². The van der Waals surface area contributed by atoms with Crippen molar-refractivity contribution >= 4 is 11.6 Å². The van der Waals surface area contributed by atoms with Crippen LogP contribution in [0.2, 0.25) is 0 Å². The molecule has 0 atom stereocenters. The van der Waals surface area contributed by atoms with Crippen molar-refractivity contribution in [2.75, 3.05) is 7.11 Å². The fourth-order valence-electron chi connectivity index (χ4n) is 1.33. The highest BCUT2D eigenvalue weighted by Gasteiger charge is 2.01. The number of aryl methyl sites for hydroxylation is 1.